The lowest BCUT2D eigenvalue weighted by atomic mass is 9.92. The highest BCUT2D eigenvalue weighted by Crippen LogP contribution is 2.32. The third-order valence-corrected chi connectivity index (χ3v) is 3.78. The second-order valence-corrected chi connectivity index (χ2v) is 6.29. The molecule has 2 rings (SSSR count). The predicted molar refractivity (Wildman–Crippen MR) is 92.2 cm³/mol. The minimum absolute atomic E-state index is 0.0175. The van der Waals surface area contributed by atoms with Crippen LogP contribution in [0.25, 0.3) is 0 Å². The number of aryl methyl sites for hydroxylation is 1. The molecule has 0 aliphatic heterocycles. The van der Waals surface area contributed by atoms with Crippen molar-refractivity contribution in [3.05, 3.63) is 57.3 Å². The van der Waals surface area contributed by atoms with Crippen LogP contribution in [0.5, 0.6) is 0 Å². The zero-order valence-electron chi connectivity index (χ0n) is 14.2. The van der Waals surface area contributed by atoms with E-state index >= 15 is 0 Å². The predicted octanol–water partition coefficient (Wildman–Crippen LogP) is 3.58. The van der Waals surface area contributed by atoms with E-state index in [9.17, 15) is 9.59 Å². The van der Waals surface area contributed by atoms with Crippen LogP contribution in [0.15, 0.2) is 29.2 Å². The van der Waals surface area contributed by atoms with Gasteiger partial charge in [0.05, 0.1) is 0 Å². The van der Waals surface area contributed by atoms with Gasteiger partial charge in [0.2, 0.25) is 0 Å². The molecule has 0 aliphatic rings. The quantitative estimate of drug-likeness (QED) is 0.906. The third kappa shape index (κ3) is 3.67. The highest BCUT2D eigenvalue weighted by atomic mass is 16.2. The van der Waals surface area contributed by atoms with Crippen LogP contribution < -0.4 is 10.9 Å². The Kier molecular flexibility index (Phi) is 4.98. The van der Waals surface area contributed by atoms with Gasteiger partial charge in [-0.3, -0.25) is 9.59 Å². The first kappa shape index (κ1) is 16.9. The number of carbonyl (C=O) groups is 1. The second-order valence-electron chi connectivity index (χ2n) is 6.29. The lowest BCUT2D eigenvalue weighted by Gasteiger charge is -2.20. The van der Waals surface area contributed by atoms with Gasteiger partial charge in [0, 0.05) is 11.9 Å². The summed E-state index contributed by atoms with van der Waals surface area (Å²) < 4.78 is 0. The van der Waals surface area contributed by atoms with E-state index in [1.807, 2.05) is 18.2 Å². The number of aromatic nitrogens is 2. The van der Waals surface area contributed by atoms with Gasteiger partial charge in [0.15, 0.2) is 0 Å². The van der Waals surface area contributed by atoms with Gasteiger partial charge in [0.25, 0.3) is 11.5 Å². The molecule has 1 aromatic heterocycles. The van der Waals surface area contributed by atoms with Crippen molar-refractivity contribution >= 4 is 11.6 Å². The standard InChI is InChI=1S/C18H23N3O2/c1-10(2)13-7-6-8-14(11(3)4)16(13)21-18(23)15-9-19-12(5)20-17(15)22/h6-11H,1-5H3,(H,21,23)(H,19,20,22). The number of anilines is 1. The first-order chi connectivity index (χ1) is 10.8. The smallest absolute Gasteiger partial charge is 0.263 e. The molecule has 0 saturated heterocycles. The Labute approximate surface area is 136 Å². The number of amides is 1. The van der Waals surface area contributed by atoms with Crippen LogP contribution in [0.4, 0.5) is 5.69 Å². The average Bonchev–Trinajstić information content (AvgIpc) is 2.46. The van der Waals surface area contributed by atoms with Crippen molar-refractivity contribution in [3.63, 3.8) is 0 Å². The van der Waals surface area contributed by atoms with Crippen molar-refractivity contribution in [2.24, 2.45) is 0 Å². The second kappa shape index (κ2) is 6.77. The maximum Gasteiger partial charge on any atom is 0.263 e. The maximum atomic E-state index is 12.5. The van der Waals surface area contributed by atoms with Crippen LogP contribution in [-0.4, -0.2) is 15.9 Å². The Hall–Kier alpha value is -2.43. The van der Waals surface area contributed by atoms with Crippen LogP contribution in [0.1, 0.15) is 66.8 Å². The number of para-hydroxylation sites is 1. The summed E-state index contributed by atoms with van der Waals surface area (Å²) in [6, 6.07) is 6.01. The van der Waals surface area contributed by atoms with E-state index in [0.717, 1.165) is 16.8 Å². The van der Waals surface area contributed by atoms with E-state index in [1.165, 1.54) is 6.20 Å². The van der Waals surface area contributed by atoms with Crippen molar-refractivity contribution in [3.8, 4) is 0 Å². The number of carbonyl (C=O) groups excluding carboxylic acids is 1. The molecule has 23 heavy (non-hydrogen) atoms. The zero-order chi connectivity index (χ0) is 17.1. The van der Waals surface area contributed by atoms with Crippen molar-refractivity contribution in [2.45, 2.75) is 46.5 Å². The molecule has 2 N–H and O–H groups in total. The average molecular weight is 313 g/mol. The number of rotatable bonds is 4. The number of nitrogens with one attached hydrogen (secondary N) is 2. The van der Waals surface area contributed by atoms with Gasteiger partial charge in [-0.1, -0.05) is 45.9 Å². The van der Waals surface area contributed by atoms with Crippen molar-refractivity contribution in [1.29, 1.82) is 0 Å². The van der Waals surface area contributed by atoms with Crippen LogP contribution >= 0.6 is 0 Å². The summed E-state index contributed by atoms with van der Waals surface area (Å²) in [4.78, 5) is 31.0. The fourth-order valence-corrected chi connectivity index (χ4v) is 2.52. The summed E-state index contributed by atoms with van der Waals surface area (Å²) in [7, 11) is 0. The molecular formula is C18H23N3O2. The van der Waals surface area contributed by atoms with Crippen molar-refractivity contribution < 1.29 is 4.79 Å². The fraction of sp³-hybridized carbons (Fsp3) is 0.389. The number of nitrogens with zero attached hydrogens (tertiary/aromatic N) is 1. The first-order valence-corrected chi connectivity index (χ1v) is 7.81. The SMILES string of the molecule is Cc1ncc(C(=O)Nc2c(C(C)C)cccc2C(C)C)c(=O)[nH]1. The zero-order valence-corrected chi connectivity index (χ0v) is 14.2. The Morgan fingerprint density at radius 1 is 1.13 bits per heavy atom. The molecule has 5 nitrogen and oxygen atoms in total. The Morgan fingerprint density at radius 2 is 1.70 bits per heavy atom. The van der Waals surface area contributed by atoms with E-state index in [-0.39, 0.29) is 17.4 Å². The maximum absolute atomic E-state index is 12.5. The lowest BCUT2D eigenvalue weighted by molar-refractivity contribution is 0.102. The molecular weight excluding hydrogens is 290 g/mol. The minimum atomic E-state index is -0.436. The van der Waals surface area contributed by atoms with Crippen LogP contribution in [0, 0.1) is 6.92 Å². The van der Waals surface area contributed by atoms with E-state index in [1.54, 1.807) is 6.92 Å². The van der Waals surface area contributed by atoms with Crippen molar-refractivity contribution in [2.75, 3.05) is 5.32 Å². The number of hydrogen-bond donors (Lipinski definition) is 2. The molecule has 0 radical (unpaired) electrons. The number of H-pyrrole nitrogens is 1. The highest BCUT2D eigenvalue weighted by molar-refractivity contribution is 6.04. The molecule has 0 bridgehead atoms. The highest BCUT2D eigenvalue weighted by Gasteiger charge is 2.18. The summed E-state index contributed by atoms with van der Waals surface area (Å²) >= 11 is 0. The number of benzene rings is 1. The van der Waals surface area contributed by atoms with Gasteiger partial charge in [-0.25, -0.2) is 4.98 Å². The van der Waals surface area contributed by atoms with Crippen molar-refractivity contribution in [1.82, 2.24) is 9.97 Å². The van der Waals surface area contributed by atoms with E-state index < -0.39 is 11.5 Å². The summed E-state index contributed by atoms with van der Waals surface area (Å²) in [5, 5.41) is 2.92. The summed E-state index contributed by atoms with van der Waals surface area (Å²) in [6.07, 6.45) is 1.32. The number of hydrogen-bond acceptors (Lipinski definition) is 3. The Bertz CT molecular complexity index is 750. The molecule has 5 heteroatoms. The van der Waals surface area contributed by atoms with Gasteiger partial charge in [-0.2, -0.15) is 0 Å². The molecule has 0 fully saturated rings. The monoisotopic (exact) mass is 313 g/mol. The largest absolute Gasteiger partial charge is 0.321 e. The van der Waals surface area contributed by atoms with Gasteiger partial charge in [-0.05, 0) is 29.9 Å². The molecule has 122 valence electrons. The van der Waals surface area contributed by atoms with Gasteiger partial charge < -0.3 is 10.3 Å². The van der Waals surface area contributed by atoms with E-state index in [0.29, 0.717) is 5.82 Å². The van der Waals surface area contributed by atoms with Crippen LogP contribution in [0.2, 0.25) is 0 Å². The molecule has 0 unspecified atom stereocenters. The Balaban J connectivity index is 2.46. The third-order valence-electron chi connectivity index (χ3n) is 3.78. The Morgan fingerprint density at radius 3 is 2.17 bits per heavy atom. The van der Waals surface area contributed by atoms with E-state index in [2.05, 4.69) is 43.0 Å². The minimum Gasteiger partial charge on any atom is -0.321 e. The molecule has 1 heterocycles. The van der Waals surface area contributed by atoms with Gasteiger partial charge in [0.1, 0.15) is 11.4 Å². The summed E-state index contributed by atoms with van der Waals surface area (Å²) in [5.74, 6) is 0.572. The molecule has 0 spiro atoms. The summed E-state index contributed by atoms with van der Waals surface area (Å²) in [5.41, 5.74) is 2.50. The fourth-order valence-electron chi connectivity index (χ4n) is 2.52. The lowest BCUT2D eigenvalue weighted by Crippen LogP contribution is -2.25. The molecule has 1 aromatic carbocycles. The van der Waals surface area contributed by atoms with Gasteiger partial charge >= 0.3 is 0 Å². The summed E-state index contributed by atoms with van der Waals surface area (Å²) in [6.45, 7) is 9.99. The first-order valence-electron chi connectivity index (χ1n) is 7.81. The molecule has 0 saturated carbocycles. The van der Waals surface area contributed by atoms with Crippen LogP contribution in [0.3, 0.4) is 0 Å². The van der Waals surface area contributed by atoms with E-state index in [4.69, 9.17) is 0 Å². The molecule has 1 amide bonds. The topological polar surface area (TPSA) is 74.8 Å². The van der Waals surface area contributed by atoms with Crippen LogP contribution in [-0.2, 0) is 0 Å². The molecule has 0 atom stereocenters. The molecule has 2 aromatic rings. The van der Waals surface area contributed by atoms with Gasteiger partial charge in [-0.15, -0.1) is 0 Å². The number of aromatic amines is 1. The normalized spacial score (nSPS) is 11.1. The molecule has 0 aliphatic carbocycles.